The highest BCUT2D eigenvalue weighted by Crippen LogP contribution is 2.20. The molecule has 0 bridgehead atoms. The molecule has 0 rings (SSSR count). The van der Waals surface area contributed by atoms with Crippen LogP contribution in [0.3, 0.4) is 0 Å². The normalized spacial score (nSPS) is 13.2. The smallest absolute Gasteiger partial charge is 0.308 e. The molecule has 2 atom stereocenters. The summed E-state index contributed by atoms with van der Waals surface area (Å²) >= 11 is 0. The molecule has 0 spiro atoms. The topological polar surface area (TPSA) is 61.8 Å². The van der Waals surface area contributed by atoms with E-state index in [-0.39, 0.29) is 17.9 Å². The predicted molar refractivity (Wildman–Crippen MR) is 109 cm³/mol. The van der Waals surface area contributed by atoms with Crippen LogP contribution in [0.4, 0.5) is 0 Å². The van der Waals surface area contributed by atoms with Crippen LogP contribution >= 0.6 is 0 Å². The van der Waals surface area contributed by atoms with Gasteiger partial charge in [0.2, 0.25) is 0 Å². The molecule has 0 N–H and O–H groups in total. The van der Waals surface area contributed by atoms with E-state index >= 15 is 0 Å². The molecule has 0 radical (unpaired) electrons. The van der Waals surface area contributed by atoms with E-state index in [2.05, 4.69) is 11.7 Å². The molecule has 0 aromatic carbocycles. The fourth-order valence-electron chi connectivity index (χ4n) is 3.31. The Morgan fingerprint density at radius 2 is 1.15 bits per heavy atom. The van der Waals surface area contributed by atoms with Crippen LogP contribution in [0.5, 0.6) is 0 Å². The van der Waals surface area contributed by atoms with Gasteiger partial charge in [-0.2, -0.15) is 0 Å². The van der Waals surface area contributed by atoms with Crippen LogP contribution in [0, 0.1) is 5.92 Å². The van der Waals surface area contributed by atoms with Crippen LogP contribution in [0.25, 0.3) is 0 Å². The van der Waals surface area contributed by atoms with Gasteiger partial charge in [0, 0.05) is 13.5 Å². The van der Waals surface area contributed by atoms with Crippen molar-refractivity contribution in [2.45, 2.75) is 103 Å². The third-order valence-electron chi connectivity index (χ3n) is 5.26. The van der Waals surface area contributed by atoms with Gasteiger partial charge >= 0.3 is 11.9 Å². The Labute approximate surface area is 166 Å². The number of hydrogen-bond donors (Lipinski definition) is 0. The largest absolute Gasteiger partial charge is 0.469 e. The molecule has 27 heavy (non-hydrogen) atoms. The second-order valence-electron chi connectivity index (χ2n) is 7.49. The summed E-state index contributed by atoms with van der Waals surface area (Å²) in [6.45, 7) is 2.10. The van der Waals surface area contributed by atoms with Crippen LogP contribution in [0.2, 0.25) is 0 Å². The van der Waals surface area contributed by atoms with Crippen molar-refractivity contribution >= 4 is 11.9 Å². The van der Waals surface area contributed by atoms with Crippen molar-refractivity contribution in [1.82, 2.24) is 0 Å². The molecule has 0 aromatic rings. The van der Waals surface area contributed by atoms with Crippen LogP contribution in [0.15, 0.2) is 0 Å². The van der Waals surface area contributed by atoms with Crippen molar-refractivity contribution in [3.63, 3.8) is 0 Å². The Morgan fingerprint density at radius 3 is 1.63 bits per heavy atom. The third-order valence-corrected chi connectivity index (χ3v) is 5.26. The zero-order valence-corrected chi connectivity index (χ0v) is 18.1. The van der Waals surface area contributed by atoms with Gasteiger partial charge < -0.3 is 14.2 Å². The van der Waals surface area contributed by atoms with Crippen LogP contribution in [-0.4, -0.2) is 39.4 Å². The molecule has 0 aromatic heterocycles. The van der Waals surface area contributed by atoms with Crippen LogP contribution < -0.4 is 0 Å². The minimum absolute atomic E-state index is 0.0484. The van der Waals surface area contributed by atoms with E-state index in [1.807, 2.05) is 0 Å². The van der Waals surface area contributed by atoms with Crippen molar-refractivity contribution in [2.75, 3.05) is 21.3 Å². The molecular formula is C22H42O5. The van der Waals surface area contributed by atoms with E-state index in [0.717, 1.165) is 64.2 Å². The molecule has 0 aliphatic heterocycles. The van der Waals surface area contributed by atoms with Crippen LogP contribution in [0.1, 0.15) is 96.8 Å². The fraction of sp³-hybridized carbons (Fsp3) is 0.909. The number of hydrogen-bond acceptors (Lipinski definition) is 5. The molecule has 0 amide bonds. The summed E-state index contributed by atoms with van der Waals surface area (Å²) in [6.07, 6.45) is 15.0. The predicted octanol–water partition coefficient (Wildman–Crippen LogP) is 5.44. The summed E-state index contributed by atoms with van der Waals surface area (Å²) < 4.78 is 14.9. The molecule has 0 heterocycles. The second-order valence-corrected chi connectivity index (χ2v) is 7.49. The summed E-state index contributed by atoms with van der Waals surface area (Å²) in [5.41, 5.74) is 0. The minimum atomic E-state index is -0.121. The highest BCUT2D eigenvalue weighted by molar-refractivity contribution is 5.72. The summed E-state index contributed by atoms with van der Waals surface area (Å²) in [5.74, 6) is -0.127. The van der Waals surface area contributed by atoms with Gasteiger partial charge in [-0.25, -0.2) is 0 Å². The Bertz CT molecular complexity index is 370. The first-order chi connectivity index (χ1) is 13.0. The summed E-state index contributed by atoms with van der Waals surface area (Å²) in [4.78, 5) is 23.0. The Balaban J connectivity index is 3.73. The number of carbonyl (C=O) groups is 2. The van der Waals surface area contributed by atoms with Crippen molar-refractivity contribution in [3.8, 4) is 0 Å². The second kappa shape index (κ2) is 18.3. The molecule has 0 aliphatic carbocycles. The standard InChI is InChI=1S/C22H42O5/c1-19(25-2)15-11-9-10-13-17-20(22(24)27-4)16-12-7-5-6-8-14-18-21(23)26-3/h19-20H,5-18H2,1-4H3. The van der Waals surface area contributed by atoms with Crippen molar-refractivity contribution < 1.29 is 23.8 Å². The molecule has 0 fully saturated rings. The highest BCUT2D eigenvalue weighted by Gasteiger charge is 2.18. The maximum absolute atomic E-state index is 12.0. The van der Waals surface area contributed by atoms with Gasteiger partial charge in [0.1, 0.15) is 0 Å². The zero-order chi connectivity index (χ0) is 20.3. The molecule has 5 heteroatoms. The average Bonchev–Trinajstić information content (AvgIpc) is 2.69. The number of rotatable bonds is 18. The Hall–Kier alpha value is -1.10. The Kier molecular flexibility index (Phi) is 17.5. The van der Waals surface area contributed by atoms with Gasteiger partial charge in [-0.3, -0.25) is 9.59 Å². The Morgan fingerprint density at radius 1 is 0.667 bits per heavy atom. The van der Waals surface area contributed by atoms with Crippen LogP contribution in [-0.2, 0) is 23.8 Å². The number of carbonyl (C=O) groups excluding carboxylic acids is 2. The number of methoxy groups -OCH3 is 3. The summed E-state index contributed by atoms with van der Waals surface area (Å²) in [5, 5.41) is 0. The molecule has 2 unspecified atom stereocenters. The lowest BCUT2D eigenvalue weighted by atomic mass is 9.94. The van der Waals surface area contributed by atoms with Crippen molar-refractivity contribution in [1.29, 1.82) is 0 Å². The van der Waals surface area contributed by atoms with Gasteiger partial charge in [0.25, 0.3) is 0 Å². The maximum atomic E-state index is 12.0. The van der Waals surface area contributed by atoms with Gasteiger partial charge in [-0.15, -0.1) is 0 Å². The number of esters is 2. The molecule has 160 valence electrons. The van der Waals surface area contributed by atoms with E-state index in [1.165, 1.54) is 33.5 Å². The average molecular weight is 387 g/mol. The van der Waals surface area contributed by atoms with Crippen molar-refractivity contribution in [2.24, 2.45) is 5.92 Å². The van der Waals surface area contributed by atoms with E-state index in [4.69, 9.17) is 9.47 Å². The lowest BCUT2D eigenvalue weighted by Crippen LogP contribution is -2.16. The lowest BCUT2D eigenvalue weighted by Gasteiger charge is -2.14. The lowest BCUT2D eigenvalue weighted by molar-refractivity contribution is -0.146. The van der Waals surface area contributed by atoms with Gasteiger partial charge in [-0.1, -0.05) is 57.8 Å². The first-order valence-corrected chi connectivity index (χ1v) is 10.7. The minimum Gasteiger partial charge on any atom is -0.469 e. The zero-order valence-electron chi connectivity index (χ0n) is 18.1. The number of ether oxygens (including phenoxy) is 3. The molecule has 0 saturated carbocycles. The summed E-state index contributed by atoms with van der Waals surface area (Å²) in [6, 6.07) is 0. The molecule has 0 aliphatic rings. The van der Waals surface area contributed by atoms with E-state index in [1.54, 1.807) is 7.11 Å². The summed E-state index contributed by atoms with van der Waals surface area (Å²) in [7, 11) is 4.68. The number of unbranched alkanes of at least 4 members (excludes halogenated alkanes) is 8. The van der Waals surface area contributed by atoms with Gasteiger partial charge in [-0.05, 0) is 32.6 Å². The van der Waals surface area contributed by atoms with E-state index in [9.17, 15) is 9.59 Å². The van der Waals surface area contributed by atoms with Crippen molar-refractivity contribution in [3.05, 3.63) is 0 Å². The quantitative estimate of drug-likeness (QED) is 0.232. The van der Waals surface area contributed by atoms with Gasteiger partial charge in [0.05, 0.1) is 26.2 Å². The maximum Gasteiger partial charge on any atom is 0.308 e. The molecular weight excluding hydrogens is 344 g/mol. The van der Waals surface area contributed by atoms with E-state index in [0.29, 0.717) is 12.5 Å². The van der Waals surface area contributed by atoms with E-state index < -0.39 is 0 Å². The third kappa shape index (κ3) is 15.6. The first-order valence-electron chi connectivity index (χ1n) is 10.7. The fourth-order valence-corrected chi connectivity index (χ4v) is 3.31. The first kappa shape index (κ1) is 25.9. The SMILES string of the molecule is COC(=O)CCCCCCCCC(CCCCCCC(C)OC)C(=O)OC. The molecule has 0 saturated heterocycles. The monoisotopic (exact) mass is 386 g/mol. The molecule has 5 nitrogen and oxygen atoms in total. The highest BCUT2D eigenvalue weighted by atomic mass is 16.5. The van der Waals surface area contributed by atoms with Gasteiger partial charge in [0.15, 0.2) is 0 Å².